The number of nitrogens with one attached hydrogen (secondary N) is 1. The van der Waals surface area contributed by atoms with Crippen molar-refractivity contribution in [2.75, 3.05) is 10.2 Å². The molecule has 7 heteroatoms. The highest BCUT2D eigenvalue weighted by Gasteiger charge is 2.50. The van der Waals surface area contributed by atoms with Crippen molar-refractivity contribution in [3.63, 3.8) is 0 Å². The van der Waals surface area contributed by atoms with Gasteiger partial charge in [0.15, 0.2) is 0 Å². The van der Waals surface area contributed by atoms with Crippen LogP contribution >= 0.6 is 11.6 Å². The Kier molecular flexibility index (Phi) is 4.89. The van der Waals surface area contributed by atoms with Gasteiger partial charge in [-0.3, -0.25) is 19.4 Å². The molecule has 1 N–H and O–H groups in total. The first-order chi connectivity index (χ1) is 13.5. The van der Waals surface area contributed by atoms with Crippen LogP contribution in [0.5, 0.6) is 0 Å². The van der Waals surface area contributed by atoms with E-state index in [0.717, 1.165) is 19.3 Å². The van der Waals surface area contributed by atoms with Crippen LogP contribution in [0.15, 0.2) is 42.6 Å². The summed E-state index contributed by atoms with van der Waals surface area (Å²) in [6, 6.07) is 9.84. The van der Waals surface area contributed by atoms with Gasteiger partial charge in [-0.2, -0.15) is 0 Å². The highest BCUT2D eigenvalue weighted by Crippen LogP contribution is 2.43. The molecule has 3 unspecified atom stereocenters. The molecule has 1 aromatic carbocycles. The molecule has 2 aliphatic rings. The third-order valence-electron chi connectivity index (χ3n) is 5.53. The van der Waals surface area contributed by atoms with Gasteiger partial charge in [-0.15, -0.1) is 0 Å². The van der Waals surface area contributed by atoms with Crippen molar-refractivity contribution < 1.29 is 14.4 Å². The maximum Gasteiger partial charge on any atom is 0.274 e. The lowest BCUT2D eigenvalue weighted by atomic mass is 9.76. The molecule has 4 rings (SSSR count). The van der Waals surface area contributed by atoms with Crippen LogP contribution < -0.4 is 10.2 Å². The minimum absolute atomic E-state index is 0.172. The van der Waals surface area contributed by atoms with Crippen LogP contribution in [0.1, 0.15) is 36.7 Å². The van der Waals surface area contributed by atoms with Crippen molar-refractivity contribution in [1.82, 2.24) is 4.98 Å². The summed E-state index contributed by atoms with van der Waals surface area (Å²) in [4.78, 5) is 43.2. The fraction of sp³-hybridized carbons (Fsp3) is 0.333. The summed E-state index contributed by atoms with van der Waals surface area (Å²) in [6.45, 7) is 2.11. The molecule has 1 saturated heterocycles. The van der Waals surface area contributed by atoms with Crippen molar-refractivity contribution in [2.24, 2.45) is 17.8 Å². The SMILES string of the molecule is CC1CCC2C(=O)N(c3ccc(NC(=O)c4ccccn4)cc3Cl)C(=O)C2C1. The second-order valence-electron chi connectivity index (χ2n) is 7.48. The molecular formula is C21H20ClN3O3. The highest BCUT2D eigenvalue weighted by atomic mass is 35.5. The Hall–Kier alpha value is -2.73. The molecule has 3 atom stereocenters. The number of pyridine rings is 1. The molecule has 1 aliphatic heterocycles. The molecule has 2 aromatic rings. The van der Waals surface area contributed by atoms with E-state index in [9.17, 15) is 14.4 Å². The van der Waals surface area contributed by atoms with E-state index in [1.54, 1.807) is 36.4 Å². The number of rotatable bonds is 3. The second kappa shape index (κ2) is 7.36. The monoisotopic (exact) mass is 397 g/mol. The topological polar surface area (TPSA) is 79.4 Å². The molecule has 28 heavy (non-hydrogen) atoms. The van der Waals surface area contributed by atoms with E-state index in [1.165, 1.54) is 11.1 Å². The fourth-order valence-corrected chi connectivity index (χ4v) is 4.35. The van der Waals surface area contributed by atoms with Gasteiger partial charge in [0.05, 0.1) is 22.5 Å². The number of imide groups is 1. The summed E-state index contributed by atoms with van der Waals surface area (Å²) < 4.78 is 0. The first-order valence-electron chi connectivity index (χ1n) is 9.35. The van der Waals surface area contributed by atoms with Crippen molar-refractivity contribution in [2.45, 2.75) is 26.2 Å². The molecular weight excluding hydrogens is 378 g/mol. The number of hydrogen-bond acceptors (Lipinski definition) is 4. The quantitative estimate of drug-likeness (QED) is 0.796. The number of fused-ring (bicyclic) bond motifs is 1. The number of benzene rings is 1. The van der Waals surface area contributed by atoms with Gasteiger partial charge in [0, 0.05) is 11.9 Å². The molecule has 2 heterocycles. The van der Waals surface area contributed by atoms with Crippen LogP contribution in [-0.4, -0.2) is 22.7 Å². The zero-order valence-corrected chi connectivity index (χ0v) is 16.1. The maximum absolute atomic E-state index is 12.9. The average molecular weight is 398 g/mol. The normalized spacial score (nSPS) is 24.2. The highest BCUT2D eigenvalue weighted by molar-refractivity contribution is 6.36. The van der Waals surface area contributed by atoms with Crippen molar-refractivity contribution in [3.05, 3.63) is 53.3 Å². The molecule has 3 amide bonds. The molecule has 2 fully saturated rings. The average Bonchev–Trinajstić information content (AvgIpc) is 2.93. The van der Waals surface area contributed by atoms with E-state index in [1.807, 2.05) is 0 Å². The van der Waals surface area contributed by atoms with E-state index in [2.05, 4.69) is 17.2 Å². The fourth-order valence-electron chi connectivity index (χ4n) is 4.09. The van der Waals surface area contributed by atoms with Crippen LogP contribution in [0.2, 0.25) is 5.02 Å². The zero-order valence-electron chi connectivity index (χ0n) is 15.4. The number of amides is 3. The van der Waals surface area contributed by atoms with Crippen molar-refractivity contribution in [1.29, 1.82) is 0 Å². The smallest absolute Gasteiger partial charge is 0.274 e. The summed E-state index contributed by atoms with van der Waals surface area (Å²) in [5.41, 5.74) is 1.12. The number of nitrogens with zero attached hydrogens (tertiary/aromatic N) is 2. The minimum atomic E-state index is -0.363. The molecule has 1 aromatic heterocycles. The summed E-state index contributed by atoms with van der Waals surface area (Å²) in [5.74, 6) is -0.766. The van der Waals surface area contributed by atoms with Gasteiger partial charge < -0.3 is 5.32 Å². The van der Waals surface area contributed by atoms with Gasteiger partial charge in [0.2, 0.25) is 11.8 Å². The molecule has 0 radical (unpaired) electrons. The Bertz CT molecular complexity index is 947. The van der Waals surface area contributed by atoms with Crippen LogP contribution in [0, 0.1) is 17.8 Å². The number of halogens is 1. The van der Waals surface area contributed by atoms with Crippen molar-refractivity contribution in [3.8, 4) is 0 Å². The van der Waals surface area contributed by atoms with E-state index < -0.39 is 0 Å². The van der Waals surface area contributed by atoms with E-state index in [0.29, 0.717) is 17.3 Å². The lowest BCUT2D eigenvalue weighted by Crippen LogP contribution is -2.31. The Balaban J connectivity index is 1.56. The van der Waals surface area contributed by atoms with Crippen LogP contribution in [0.4, 0.5) is 11.4 Å². The molecule has 1 aliphatic carbocycles. The van der Waals surface area contributed by atoms with Gasteiger partial charge in [-0.25, -0.2) is 4.90 Å². The van der Waals surface area contributed by atoms with Crippen molar-refractivity contribution >= 4 is 40.7 Å². The lowest BCUT2D eigenvalue weighted by Gasteiger charge is -2.25. The van der Waals surface area contributed by atoms with Gasteiger partial charge >= 0.3 is 0 Å². The molecule has 144 valence electrons. The standard InChI is InChI=1S/C21H20ClN3O3/c1-12-5-7-14-15(10-12)21(28)25(20(14)27)18-8-6-13(11-16(18)22)24-19(26)17-4-2-3-9-23-17/h2-4,6,8-9,11-12,14-15H,5,7,10H2,1H3,(H,24,26). The van der Waals surface area contributed by atoms with Gasteiger partial charge in [0.1, 0.15) is 5.69 Å². The third-order valence-corrected chi connectivity index (χ3v) is 5.83. The zero-order chi connectivity index (χ0) is 19.8. The van der Waals surface area contributed by atoms with E-state index >= 15 is 0 Å². The number of anilines is 2. The van der Waals surface area contributed by atoms with Gasteiger partial charge in [-0.05, 0) is 55.5 Å². The van der Waals surface area contributed by atoms with Gasteiger partial charge in [0.25, 0.3) is 5.91 Å². The van der Waals surface area contributed by atoms with E-state index in [4.69, 9.17) is 11.6 Å². The van der Waals surface area contributed by atoms with E-state index in [-0.39, 0.29) is 40.3 Å². The Morgan fingerprint density at radius 2 is 1.93 bits per heavy atom. The largest absolute Gasteiger partial charge is 0.321 e. The lowest BCUT2D eigenvalue weighted by molar-refractivity contribution is -0.122. The van der Waals surface area contributed by atoms with Crippen LogP contribution in [0.3, 0.4) is 0 Å². The molecule has 6 nitrogen and oxygen atoms in total. The number of carbonyl (C=O) groups excluding carboxylic acids is 3. The number of hydrogen-bond donors (Lipinski definition) is 1. The first-order valence-corrected chi connectivity index (χ1v) is 9.73. The second-order valence-corrected chi connectivity index (χ2v) is 7.89. The first kappa shape index (κ1) is 18.6. The maximum atomic E-state index is 12.9. The molecule has 1 saturated carbocycles. The summed E-state index contributed by atoms with van der Waals surface area (Å²) >= 11 is 6.38. The third kappa shape index (κ3) is 3.29. The predicted molar refractivity (Wildman–Crippen MR) is 106 cm³/mol. The Morgan fingerprint density at radius 3 is 2.64 bits per heavy atom. The Morgan fingerprint density at radius 1 is 1.14 bits per heavy atom. The summed E-state index contributed by atoms with van der Waals surface area (Å²) in [6.07, 6.45) is 3.97. The summed E-state index contributed by atoms with van der Waals surface area (Å²) in [5, 5.41) is 2.96. The Labute approximate surface area is 167 Å². The number of aromatic nitrogens is 1. The minimum Gasteiger partial charge on any atom is -0.321 e. The molecule has 0 spiro atoms. The number of carbonyl (C=O) groups is 3. The van der Waals surface area contributed by atoms with Gasteiger partial charge in [-0.1, -0.05) is 24.6 Å². The summed E-state index contributed by atoms with van der Waals surface area (Å²) in [7, 11) is 0. The van der Waals surface area contributed by atoms with Crippen LogP contribution in [0.25, 0.3) is 0 Å². The predicted octanol–water partition coefficient (Wildman–Crippen LogP) is 3.91. The molecule has 0 bridgehead atoms. The van der Waals surface area contributed by atoms with Crippen LogP contribution in [-0.2, 0) is 9.59 Å².